The Kier molecular flexibility index (Phi) is 5.94. The number of rotatable bonds is 4. The molecule has 1 aliphatic heterocycles. The Morgan fingerprint density at radius 3 is 2.48 bits per heavy atom. The molecular formula is C20H18ClFN4O. The van der Waals surface area contributed by atoms with Crippen LogP contribution in [0.2, 0.25) is 5.02 Å². The Bertz CT molecular complexity index is 884. The molecule has 0 bridgehead atoms. The fourth-order valence-corrected chi connectivity index (χ4v) is 3.02. The lowest BCUT2D eigenvalue weighted by atomic mass is 10.2. The van der Waals surface area contributed by atoms with E-state index in [-0.39, 0.29) is 11.4 Å². The van der Waals surface area contributed by atoms with Crippen molar-refractivity contribution in [2.24, 2.45) is 0 Å². The number of nitrogens with one attached hydrogen (secondary N) is 1. The molecule has 0 atom stereocenters. The number of benzene rings is 2. The van der Waals surface area contributed by atoms with Crippen molar-refractivity contribution in [2.75, 3.05) is 36.4 Å². The van der Waals surface area contributed by atoms with Crippen molar-refractivity contribution in [1.82, 2.24) is 4.90 Å². The van der Waals surface area contributed by atoms with Crippen LogP contribution >= 0.6 is 11.6 Å². The molecule has 1 heterocycles. The summed E-state index contributed by atoms with van der Waals surface area (Å²) in [5.74, 6) is -0.900. The van der Waals surface area contributed by atoms with Crippen molar-refractivity contribution < 1.29 is 9.18 Å². The number of carbonyl (C=O) groups is 1. The molecule has 1 saturated heterocycles. The van der Waals surface area contributed by atoms with E-state index in [1.165, 1.54) is 24.3 Å². The van der Waals surface area contributed by atoms with Crippen molar-refractivity contribution >= 4 is 28.9 Å². The van der Waals surface area contributed by atoms with Gasteiger partial charge in [0.1, 0.15) is 17.5 Å². The second kappa shape index (κ2) is 8.56. The summed E-state index contributed by atoms with van der Waals surface area (Å²) in [5, 5.41) is 12.6. The molecule has 0 unspecified atom stereocenters. The topological polar surface area (TPSA) is 59.4 Å². The molecule has 27 heavy (non-hydrogen) atoms. The molecule has 0 aromatic heterocycles. The predicted octanol–water partition coefficient (Wildman–Crippen LogP) is 3.65. The van der Waals surface area contributed by atoms with E-state index in [1.54, 1.807) is 6.20 Å². The monoisotopic (exact) mass is 384 g/mol. The summed E-state index contributed by atoms with van der Waals surface area (Å²) in [6.07, 6.45) is 1.58. The van der Waals surface area contributed by atoms with Gasteiger partial charge in [0.25, 0.3) is 5.91 Å². The second-order valence-corrected chi connectivity index (χ2v) is 6.55. The summed E-state index contributed by atoms with van der Waals surface area (Å²) in [7, 11) is 0. The summed E-state index contributed by atoms with van der Waals surface area (Å²) < 4.78 is 12.9. The Labute approximate surface area is 162 Å². The highest BCUT2D eigenvalue weighted by atomic mass is 35.5. The van der Waals surface area contributed by atoms with Crippen molar-refractivity contribution in [3.05, 3.63) is 71.1 Å². The minimum absolute atomic E-state index is 0.00975. The third-order valence-electron chi connectivity index (χ3n) is 4.27. The normalized spacial score (nSPS) is 14.6. The standard InChI is InChI=1S/C20H18ClFN4O/c21-16-2-1-3-19(12-16)26-10-8-25(9-11-26)14-15(13-23)20(27)24-18-6-4-17(22)5-7-18/h1-7,12,14H,8-11H2,(H,24,27)/b15-14-. The van der Waals surface area contributed by atoms with Gasteiger partial charge < -0.3 is 15.1 Å². The van der Waals surface area contributed by atoms with Crippen LogP contribution in [0.3, 0.4) is 0 Å². The van der Waals surface area contributed by atoms with E-state index in [4.69, 9.17) is 11.6 Å². The van der Waals surface area contributed by atoms with Crippen LogP contribution in [-0.2, 0) is 4.79 Å². The van der Waals surface area contributed by atoms with Gasteiger partial charge >= 0.3 is 0 Å². The lowest BCUT2D eigenvalue weighted by Gasteiger charge is -2.35. The van der Waals surface area contributed by atoms with Gasteiger partial charge in [0.05, 0.1) is 0 Å². The molecule has 1 amide bonds. The van der Waals surface area contributed by atoms with E-state index >= 15 is 0 Å². The number of anilines is 2. The minimum atomic E-state index is -0.513. The van der Waals surface area contributed by atoms with Gasteiger partial charge in [0.15, 0.2) is 0 Å². The molecule has 1 aliphatic rings. The number of carbonyl (C=O) groups excluding carboxylic acids is 1. The molecule has 5 nitrogen and oxygen atoms in total. The molecule has 1 fully saturated rings. The molecule has 7 heteroatoms. The number of nitriles is 1. The summed E-state index contributed by atoms with van der Waals surface area (Å²) in [6, 6.07) is 15.0. The Morgan fingerprint density at radius 1 is 1.15 bits per heavy atom. The molecule has 0 aliphatic carbocycles. The van der Waals surface area contributed by atoms with Crippen molar-refractivity contribution in [1.29, 1.82) is 5.26 Å². The van der Waals surface area contributed by atoms with Crippen LogP contribution in [0, 0.1) is 17.1 Å². The van der Waals surface area contributed by atoms with Gasteiger partial charge in [0, 0.05) is 48.8 Å². The first-order valence-electron chi connectivity index (χ1n) is 8.48. The number of halogens is 2. The third kappa shape index (κ3) is 4.99. The van der Waals surface area contributed by atoms with Crippen LogP contribution in [0.1, 0.15) is 0 Å². The molecule has 2 aromatic rings. The SMILES string of the molecule is N#C/C(=C/N1CCN(c2cccc(Cl)c2)CC1)C(=O)Nc1ccc(F)cc1. The van der Waals surface area contributed by atoms with Gasteiger partial charge in [-0.05, 0) is 42.5 Å². The van der Waals surface area contributed by atoms with Crippen LogP contribution in [0.5, 0.6) is 0 Å². The summed E-state index contributed by atoms with van der Waals surface area (Å²) >= 11 is 6.04. The molecule has 2 aromatic carbocycles. The Balaban J connectivity index is 1.60. The third-order valence-corrected chi connectivity index (χ3v) is 4.50. The van der Waals surface area contributed by atoms with Crippen molar-refractivity contribution in [3.8, 4) is 6.07 Å². The first-order valence-corrected chi connectivity index (χ1v) is 8.86. The number of nitrogens with zero attached hydrogens (tertiary/aromatic N) is 3. The molecular weight excluding hydrogens is 367 g/mol. The highest BCUT2D eigenvalue weighted by Crippen LogP contribution is 2.21. The molecule has 138 valence electrons. The van der Waals surface area contributed by atoms with Crippen molar-refractivity contribution in [2.45, 2.75) is 0 Å². The maximum atomic E-state index is 12.9. The molecule has 1 N–H and O–H groups in total. The zero-order valence-electron chi connectivity index (χ0n) is 14.5. The van der Waals surface area contributed by atoms with E-state index in [0.717, 1.165) is 18.8 Å². The van der Waals surface area contributed by atoms with Crippen LogP contribution < -0.4 is 10.2 Å². The van der Waals surface area contributed by atoms with Gasteiger partial charge in [-0.3, -0.25) is 4.79 Å². The largest absolute Gasteiger partial charge is 0.373 e. The maximum Gasteiger partial charge on any atom is 0.267 e. The second-order valence-electron chi connectivity index (χ2n) is 6.12. The van der Waals surface area contributed by atoms with E-state index in [1.807, 2.05) is 35.2 Å². The first-order chi connectivity index (χ1) is 13.0. The number of hydrogen-bond donors (Lipinski definition) is 1. The van der Waals surface area contributed by atoms with Gasteiger partial charge in [-0.15, -0.1) is 0 Å². The quantitative estimate of drug-likeness (QED) is 0.645. The predicted molar refractivity (Wildman–Crippen MR) is 104 cm³/mol. The average Bonchev–Trinajstić information content (AvgIpc) is 2.68. The number of amides is 1. The van der Waals surface area contributed by atoms with Crippen LogP contribution in [0.15, 0.2) is 60.3 Å². The highest BCUT2D eigenvalue weighted by molar-refractivity contribution is 6.30. The minimum Gasteiger partial charge on any atom is -0.373 e. The van der Waals surface area contributed by atoms with E-state index < -0.39 is 5.91 Å². The van der Waals surface area contributed by atoms with Gasteiger partial charge in [0.2, 0.25) is 0 Å². The van der Waals surface area contributed by atoms with Gasteiger partial charge in [-0.1, -0.05) is 17.7 Å². The lowest BCUT2D eigenvalue weighted by Crippen LogP contribution is -2.44. The summed E-state index contributed by atoms with van der Waals surface area (Å²) in [6.45, 7) is 2.88. The molecule has 0 saturated carbocycles. The highest BCUT2D eigenvalue weighted by Gasteiger charge is 2.18. The first kappa shape index (κ1) is 18.7. The summed E-state index contributed by atoms with van der Waals surface area (Å²) in [5.41, 5.74) is 1.50. The zero-order valence-corrected chi connectivity index (χ0v) is 15.3. The van der Waals surface area contributed by atoms with Crippen molar-refractivity contribution in [3.63, 3.8) is 0 Å². The number of piperazine rings is 1. The lowest BCUT2D eigenvalue weighted by molar-refractivity contribution is -0.112. The zero-order chi connectivity index (χ0) is 19.2. The number of hydrogen-bond acceptors (Lipinski definition) is 4. The molecule has 0 radical (unpaired) electrons. The van der Waals surface area contributed by atoms with Gasteiger partial charge in [-0.2, -0.15) is 5.26 Å². The van der Waals surface area contributed by atoms with E-state index in [0.29, 0.717) is 23.8 Å². The van der Waals surface area contributed by atoms with Gasteiger partial charge in [-0.25, -0.2) is 4.39 Å². The van der Waals surface area contributed by atoms with E-state index in [9.17, 15) is 14.4 Å². The average molecular weight is 385 g/mol. The maximum absolute atomic E-state index is 12.9. The Hall–Kier alpha value is -3.04. The fraction of sp³-hybridized carbons (Fsp3) is 0.200. The van der Waals surface area contributed by atoms with Crippen LogP contribution in [0.25, 0.3) is 0 Å². The molecule has 3 rings (SSSR count). The van der Waals surface area contributed by atoms with E-state index in [2.05, 4.69) is 10.2 Å². The Morgan fingerprint density at radius 2 is 1.85 bits per heavy atom. The smallest absolute Gasteiger partial charge is 0.267 e. The fourth-order valence-electron chi connectivity index (χ4n) is 2.83. The molecule has 0 spiro atoms. The summed E-state index contributed by atoms with van der Waals surface area (Å²) in [4.78, 5) is 16.4. The van der Waals surface area contributed by atoms with Crippen LogP contribution in [-0.4, -0.2) is 37.0 Å². The van der Waals surface area contributed by atoms with Crippen LogP contribution in [0.4, 0.5) is 15.8 Å².